The minimum atomic E-state index is -0.000418. The summed E-state index contributed by atoms with van der Waals surface area (Å²) in [6.45, 7) is 4.64. The summed E-state index contributed by atoms with van der Waals surface area (Å²) in [4.78, 5) is 15.7. The van der Waals surface area contributed by atoms with E-state index in [9.17, 15) is 4.79 Å². The van der Waals surface area contributed by atoms with Gasteiger partial charge in [0, 0.05) is 24.9 Å². The Labute approximate surface area is 118 Å². The highest BCUT2D eigenvalue weighted by atomic mass is 16.5. The zero-order chi connectivity index (χ0) is 14.4. The zero-order valence-electron chi connectivity index (χ0n) is 11.8. The van der Waals surface area contributed by atoms with Crippen molar-refractivity contribution < 1.29 is 9.32 Å². The maximum absolute atomic E-state index is 11.4. The van der Waals surface area contributed by atoms with Crippen LogP contribution in [0, 0.1) is 0 Å². The largest absolute Gasteiger partial charge is 0.356 e. The van der Waals surface area contributed by atoms with Gasteiger partial charge in [-0.05, 0) is 18.9 Å². The van der Waals surface area contributed by atoms with Crippen LogP contribution in [0.3, 0.4) is 0 Å². The van der Waals surface area contributed by atoms with Gasteiger partial charge in [0.1, 0.15) is 0 Å². The smallest absolute Gasteiger partial charge is 0.227 e. The van der Waals surface area contributed by atoms with Crippen LogP contribution in [0.15, 0.2) is 28.8 Å². The first-order valence-electron chi connectivity index (χ1n) is 6.91. The first-order chi connectivity index (χ1) is 9.72. The minimum Gasteiger partial charge on any atom is -0.356 e. The minimum absolute atomic E-state index is 0.000418. The van der Waals surface area contributed by atoms with Crippen LogP contribution < -0.4 is 5.32 Å². The summed E-state index contributed by atoms with van der Waals surface area (Å²) in [5.41, 5.74) is 2.20. The number of hydrogen-bond acceptors (Lipinski definition) is 4. The number of carbonyl (C=O) groups is 1. The lowest BCUT2D eigenvalue weighted by Gasteiger charge is -1.98. The zero-order valence-corrected chi connectivity index (χ0v) is 11.8. The Morgan fingerprint density at radius 3 is 2.65 bits per heavy atom. The normalized spacial score (nSPS) is 10.5. The van der Waals surface area contributed by atoms with E-state index in [1.165, 1.54) is 5.56 Å². The van der Waals surface area contributed by atoms with Crippen LogP contribution in [-0.2, 0) is 17.6 Å². The first kappa shape index (κ1) is 14.2. The lowest BCUT2D eigenvalue weighted by molar-refractivity contribution is -0.121. The van der Waals surface area contributed by atoms with Gasteiger partial charge in [-0.2, -0.15) is 4.98 Å². The summed E-state index contributed by atoms with van der Waals surface area (Å²) in [5, 5.41) is 6.69. The van der Waals surface area contributed by atoms with Crippen LogP contribution in [-0.4, -0.2) is 22.6 Å². The molecule has 0 unspecified atom stereocenters. The van der Waals surface area contributed by atoms with Crippen LogP contribution in [0.25, 0.3) is 11.4 Å². The summed E-state index contributed by atoms with van der Waals surface area (Å²) >= 11 is 0. The molecule has 0 spiro atoms. The molecular formula is C15H19N3O2. The van der Waals surface area contributed by atoms with Gasteiger partial charge in [0.25, 0.3) is 0 Å². The Bertz CT molecular complexity index is 561. The SMILES string of the molecule is CCNC(=O)CCc1nc(-c2ccc(CC)cc2)no1. The van der Waals surface area contributed by atoms with Gasteiger partial charge in [0.05, 0.1) is 0 Å². The number of aryl methyl sites for hydroxylation is 2. The molecule has 0 aliphatic rings. The van der Waals surface area contributed by atoms with E-state index < -0.39 is 0 Å². The average molecular weight is 273 g/mol. The van der Waals surface area contributed by atoms with Crippen LogP contribution in [0.4, 0.5) is 0 Å². The molecule has 1 aromatic heterocycles. The predicted molar refractivity (Wildman–Crippen MR) is 76.1 cm³/mol. The van der Waals surface area contributed by atoms with E-state index in [2.05, 4.69) is 34.5 Å². The number of aromatic nitrogens is 2. The Morgan fingerprint density at radius 1 is 1.25 bits per heavy atom. The summed E-state index contributed by atoms with van der Waals surface area (Å²) in [6, 6.07) is 8.08. The van der Waals surface area contributed by atoms with E-state index in [4.69, 9.17) is 4.52 Å². The summed E-state index contributed by atoms with van der Waals surface area (Å²) in [7, 11) is 0. The monoisotopic (exact) mass is 273 g/mol. The van der Waals surface area contributed by atoms with Crippen molar-refractivity contribution in [1.29, 1.82) is 0 Å². The molecule has 1 amide bonds. The topological polar surface area (TPSA) is 68.0 Å². The molecule has 0 aliphatic heterocycles. The van der Waals surface area contributed by atoms with Crippen LogP contribution in [0.2, 0.25) is 0 Å². The number of rotatable bonds is 6. The number of nitrogens with one attached hydrogen (secondary N) is 1. The molecule has 0 saturated carbocycles. The third-order valence-electron chi connectivity index (χ3n) is 3.03. The molecule has 0 aliphatic carbocycles. The van der Waals surface area contributed by atoms with E-state index in [-0.39, 0.29) is 5.91 Å². The summed E-state index contributed by atoms with van der Waals surface area (Å²) in [5.74, 6) is 1.06. The Morgan fingerprint density at radius 2 is 2.00 bits per heavy atom. The van der Waals surface area contributed by atoms with Gasteiger partial charge in [-0.1, -0.05) is 36.3 Å². The van der Waals surface area contributed by atoms with Crippen LogP contribution in [0.5, 0.6) is 0 Å². The molecule has 20 heavy (non-hydrogen) atoms. The number of amides is 1. The van der Waals surface area contributed by atoms with E-state index in [0.717, 1.165) is 12.0 Å². The van der Waals surface area contributed by atoms with Crippen molar-refractivity contribution in [2.75, 3.05) is 6.54 Å². The third-order valence-corrected chi connectivity index (χ3v) is 3.03. The van der Waals surface area contributed by atoms with Gasteiger partial charge in [0.15, 0.2) is 0 Å². The molecule has 2 aromatic rings. The summed E-state index contributed by atoms with van der Waals surface area (Å²) < 4.78 is 5.16. The van der Waals surface area contributed by atoms with Crippen molar-refractivity contribution in [2.24, 2.45) is 0 Å². The summed E-state index contributed by atoms with van der Waals surface area (Å²) in [6.07, 6.45) is 1.83. The third kappa shape index (κ3) is 3.66. The second-order valence-electron chi connectivity index (χ2n) is 4.52. The molecule has 2 rings (SSSR count). The van der Waals surface area contributed by atoms with Gasteiger partial charge < -0.3 is 9.84 Å². The fourth-order valence-corrected chi connectivity index (χ4v) is 1.87. The van der Waals surface area contributed by atoms with Crippen molar-refractivity contribution in [3.05, 3.63) is 35.7 Å². The first-order valence-corrected chi connectivity index (χ1v) is 6.91. The second-order valence-corrected chi connectivity index (χ2v) is 4.52. The molecule has 0 bridgehead atoms. The maximum Gasteiger partial charge on any atom is 0.227 e. The molecule has 0 saturated heterocycles. The van der Waals surface area contributed by atoms with Crippen molar-refractivity contribution in [1.82, 2.24) is 15.5 Å². The van der Waals surface area contributed by atoms with Crippen molar-refractivity contribution in [3.63, 3.8) is 0 Å². The quantitative estimate of drug-likeness (QED) is 0.877. The maximum atomic E-state index is 11.4. The molecule has 1 heterocycles. The molecule has 106 valence electrons. The lowest BCUT2D eigenvalue weighted by Crippen LogP contribution is -2.22. The lowest BCUT2D eigenvalue weighted by atomic mass is 10.1. The van der Waals surface area contributed by atoms with E-state index in [1.54, 1.807) is 0 Å². The molecule has 0 radical (unpaired) electrons. The highest BCUT2D eigenvalue weighted by Crippen LogP contribution is 2.17. The fourth-order valence-electron chi connectivity index (χ4n) is 1.87. The second kappa shape index (κ2) is 6.84. The van der Waals surface area contributed by atoms with Crippen molar-refractivity contribution in [2.45, 2.75) is 33.1 Å². The highest BCUT2D eigenvalue weighted by molar-refractivity contribution is 5.75. The number of hydrogen-bond donors (Lipinski definition) is 1. The molecular weight excluding hydrogens is 254 g/mol. The van der Waals surface area contributed by atoms with Crippen LogP contribution in [0.1, 0.15) is 31.7 Å². The highest BCUT2D eigenvalue weighted by Gasteiger charge is 2.10. The van der Waals surface area contributed by atoms with Crippen LogP contribution >= 0.6 is 0 Å². The van der Waals surface area contributed by atoms with Gasteiger partial charge in [-0.15, -0.1) is 0 Å². The van der Waals surface area contributed by atoms with E-state index >= 15 is 0 Å². The number of benzene rings is 1. The van der Waals surface area contributed by atoms with E-state index in [1.807, 2.05) is 19.1 Å². The van der Waals surface area contributed by atoms with Crippen molar-refractivity contribution in [3.8, 4) is 11.4 Å². The Balaban J connectivity index is 1.99. The van der Waals surface area contributed by atoms with Gasteiger partial charge in [0.2, 0.25) is 17.6 Å². The Kier molecular flexibility index (Phi) is 4.87. The number of carbonyl (C=O) groups excluding carboxylic acids is 1. The van der Waals surface area contributed by atoms with Gasteiger partial charge >= 0.3 is 0 Å². The Hall–Kier alpha value is -2.17. The number of nitrogens with zero attached hydrogens (tertiary/aromatic N) is 2. The van der Waals surface area contributed by atoms with Crippen molar-refractivity contribution >= 4 is 5.91 Å². The molecule has 1 aromatic carbocycles. The molecule has 5 nitrogen and oxygen atoms in total. The fraction of sp³-hybridized carbons (Fsp3) is 0.400. The molecule has 1 N–H and O–H groups in total. The van der Waals surface area contributed by atoms with Gasteiger partial charge in [-0.3, -0.25) is 4.79 Å². The predicted octanol–water partition coefficient (Wildman–Crippen LogP) is 2.37. The van der Waals surface area contributed by atoms with Gasteiger partial charge in [-0.25, -0.2) is 0 Å². The average Bonchev–Trinajstić information content (AvgIpc) is 2.94. The standard InChI is InChI=1S/C15H19N3O2/c1-3-11-5-7-12(8-6-11)15-17-14(20-18-15)10-9-13(19)16-4-2/h5-8H,3-4,9-10H2,1-2H3,(H,16,19). The molecule has 0 fully saturated rings. The molecule has 5 heteroatoms. The van der Waals surface area contributed by atoms with E-state index in [0.29, 0.717) is 31.1 Å². The molecule has 0 atom stereocenters.